The summed E-state index contributed by atoms with van der Waals surface area (Å²) in [5.74, 6) is 0. The molecule has 1 fully saturated rings. The van der Waals surface area contributed by atoms with Crippen LogP contribution in [0.4, 0.5) is 0 Å². The fourth-order valence-corrected chi connectivity index (χ4v) is 3.58. The van der Waals surface area contributed by atoms with E-state index in [0.717, 1.165) is 21.8 Å². The van der Waals surface area contributed by atoms with Crippen LogP contribution in [-0.2, 0) is 25.4 Å². The van der Waals surface area contributed by atoms with E-state index < -0.39 is 0 Å². The van der Waals surface area contributed by atoms with Gasteiger partial charge in [-0.2, -0.15) is 0 Å². The summed E-state index contributed by atoms with van der Waals surface area (Å²) in [5.41, 5.74) is 1.07. The molecule has 0 N–H and O–H groups in total. The van der Waals surface area contributed by atoms with Crippen molar-refractivity contribution in [2.45, 2.75) is 19.6 Å². The van der Waals surface area contributed by atoms with Crippen molar-refractivity contribution in [3.63, 3.8) is 0 Å². The molecule has 0 aromatic carbocycles. The molecular weight excluding hydrogens is 316 g/mol. The molecule has 8 heteroatoms. The summed E-state index contributed by atoms with van der Waals surface area (Å²) in [7, 11) is 3.17. The molecule has 3 rings (SSSR count). The molecule has 1 saturated heterocycles. The topological polar surface area (TPSA) is 69.4 Å². The predicted octanol–water partition coefficient (Wildman–Crippen LogP) is 0.422. The van der Waals surface area contributed by atoms with Gasteiger partial charge in [0.25, 0.3) is 5.56 Å². The predicted molar refractivity (Wildman–Crippen MR) is 87.7 cm³/mol. The van der Waals surface area contributed by atoms with Gasteiger partial charge in [0.05, 0.1) is 6.61 Å². The Kier molecular flexibility index (Phi) is 4.47. The number of morpholine rings is 1. The first kappa shape index (κ1) is 16.1. The van der Waals surface area contributed by atoms with Gasteiger partial charge in [0.2, 0.25) is 0 Å². The number of aryl methyl sites for hydroxylation is 2. The number of hydrogen-bond acceptors (Lipinski definition) is 6. The molecule has 0 bridgehead atoms. The first-order chi connectivity index (χ1) is 11.0. The van der Waals surface area contributed by atoms with Crippen LogP contribution in [0.15, 0.2) is 21.2 Å². The van der Waals surface area contributed by atoms with Crippen molar-refractivity contribution in [1.29, 1.82) is 0 Å². The first-order valence-electron chi connectivity index (χ1n) is 7.47. The maximum atomic E-state index is 12.3. The van der Waals surface area contributed by atoms with Crippen molar-refractivity contribution < 1.29 is 4.74 Å². The van der Waals surface area contributed by atoms with Gasteiger partial charge in [0.15, 0.2) is 0 Å². The van der Waals surface area contributed by atoms with Crippen molar-refractivity contribution in [2.24, 2.45) is 14.1 Å². The molecule has 0 amide bonds. The number of thiazole rings is 1. The largest absolute Gasteiger partial charge is 0.368 e. The quantitative estimate of drug-likeness (QED) is 0.813. The van der Waals surface area contributed by atoms with E-state index in [1.165, 1.54) is 11.6 Å². The van der Waals surface area contributed by atoms with Crippen LogP contribution in [0.25, 0.3) is 0 Å². The van der Waals surface area contributed by atoms with Gasteiger partial charge in [-0.1, -0.05) is 0 Å². The number of rotatable bonds is 3. The first-order valence-corrected chi connectivity index (χ1v) is 8.35. The molecule has 3 heterocycles. The lowest BCUT2D eigenvalue weighted by Crippen LogP contribution is -2.42. The third-order valence-electron chi connectivity index (χ3n) is 3.97. The van der Waals surface area contributed by atoms with Crippen molar-refractivity contribution in [3.05, 3.63) is 48.7 Å². The van der Waals surface area contributed by atoms with E-state index in [1.54, 1.807) is 24.6 Å². The summed E-state index contributed by atoms with van der Waals surface area (Å²) < 4.78 is 8.40. The molecule has 1 aliphatic rings. The van der Waals surface area contributed by atoms with Gasteiger partial charge < -0.3 is 9.30 Å². The van der Waals surface area contributed by atoms with Crippen molar-refractivity contribution in [3.8, 4) is 0 Å². The molecule has 2 aromatic heterocycles. The highest BCUT2D eigenvalue weighted by atomic mass is 32.1. The molecule has 124 valence electrons. The van der Waals surface area contributed by atoms with Gasteiger partial charge in [-0.3, -0.25) is 14.3 Å². The number of nitrogens with zero attached hydrogens (tertiary/aromatic N) is 4. The zero-order chi connectivity index (χ0) is 16.6. The molecule has 0 radical (unpaired) electrons. The van der Waals surface area contributed by atoms with E-state index in [1.807, 2.05) is 12.3 Å². The van der Waals surface area contributed by atoms with Gasteiger partial charge >= 0.3 is 5.69 Å². The molecule has 23 heavy (non-hydrogen) atoms. The second-order valence-electron chi connectivity index (χ2n) is 5.83. The Hall–Kier alpha value is -1.77. The average Bonchev–Trinajstić information content (AvgIpc) is 2.97. The second-order valence-corrected chi connectivity index (χ2v) is 6.72. The molecule has 0 saturated carbocycles. The molecule has 0 unspecified atom stereocenters. The minimum atomic E-state index is -0.308. The highest BCUT2D eigenvalue weighted by Gasteiger charge is 2.25. The maximum absolute atomic E-state index is 12.3. The van der Waals surface area contributed by atoms with Crippen molar-refractivity contribution in [1.82, 2.24) is 19.0 Å². The zero-order valence-corrected chi connectivity index (χ0v) is 14.3. The van der Waals surface area contributed by atoms with Gasteiger partial charge in [0.1, 0.15) is 11.1 Å². The minimum Gasteiger partial charge on any atom is -0.368 e. The normalized spacial score (nSPS) is 19.2. The van der Waals surface area contributed by atoms with Crippen molar-refractivity contribution >= 4 is 11.3 Å². The fraction of sp³-hybridized carbons (Fsp3) is 0.533. The van der Waals surface area contributed by atoms with Crippen LogP contribution in [0.5, 0.6) is 0 Å². The Balaban J connectivity index is 1.78. The molecule has 2 aromatic rings. The number of ether oxygens (including phenoxy) is 1. The number of aromatic nitrogens is 3. The van der Waals surface area contributed by atoms with Crippen LogP contribution in [0.3, 0.4) is 0 Å². The number of hydrogen-bond donors (Lipinski definition) is 0. The fourth-order valence-electron chi connectivity index (χ4n) is 2.75. The van der Waals surface area contributed by atoms with Crippen LogP contribution in [-0.4, -0.2) is 38.7 Å². The third kappa shape index (κ3) is 3.29. The van der Waals surface area contributed by atoms with Gasteiger partial charge in [0, 0.05) is 56.6 Å². The Labute approximate surface area is 137 Å². The summed E-state index contributed by atoms with van der Waals surface area (Å²) in [6.45, 7) is 4.53. The van der Waals surface area contributed by atoms with E-state index in [4.69, 9.17) is 4.74 Å². The standard InChI is InChI=1S/C15H20N4O3S/c1-10-9-23-13(16-10)12-8-19(4-5-22-12)7-11-6-17(2)15(21)18(3)14(11)20/h6,9,12H,4-5,7-8H2,1-3H3/t12-/m0/s1. The minimum absolute atomic E-state index is 0.0566. The lowest BCUT2D eigenvalue weighted by atomic mass is 10.2. The highest BCUT2D eigenvalue weighted by Crippen LogP contribution is 2.25. The van der Waals surface area contributed by atoms with E-state index in [2.05, 4.69) is 9.88 Å². The van der Waals surface area contributed by atoms with Gasteiger partial charge in [-0.25, -0.2) is 9.78 Å². The van der Waals surface area contributed by atoms with E-state index in [-0.39, 0.29) is 17.4 Å². The Morgan fingerprint density at radius 1 is 1.39 bits per heavy atom. The Bertz CT molecular complexity index is 823. The molecule has 1 atom stereocenters. The second kappa shape index (κ2) is 6.38. The molecule has 0 aliphatic carbocycles. The monoisotopic (exact) mass is 336 g/mol. The molecular formula is C15H20N4O3S. The highest BCUT2D eigenvalue weighted by molar-refractivity contribution is 7.09. The SMILES string of the molecule is Cc1csc([C@@H]2CN(Cc3cn(C)c(=O)n(C)c3=O)CCO2)n1. The molecule has 7 nitrogen and oxygen atoms in total. The van der Waals surface area contributed by atoms with Crippen LogP contribution < -0.4 is 11.2 Å². The summed E-state index contributed by atoms with van der Waals surface area (Å²) in [6.07, 6.45) is 1.57. The van der Waals surface area contributed by atoms with E-state index in [0.29, 0.717) is 25.3 Å². The summed E-state index contributed by atoms with van der Waals surface area (Å²) in [4.78, 5) is 30.7. The maximum Gasteiger partial charge on any atom is 0.330 e. The smallest absolute Gasteiger partial charge is 0.330 e. The van der Waals surface area contributed by atoms with Crippen LogP contribution in [0, 0.1) is 6.92 Å². The zero-order valence-electron chi connectivity index (χ0n) is 13.5. The molecule has 0 spiro atoms. The third-order valence-corrected chi connectivity index (χ3v) is 5.03. The lowest BCUT2D eigenvalue weighted by molar-refractivity contribution is -0.0332. The van der Waals surface area contributed by atoms with E-state index in [9.17, 15) is 9.59 Å². The summed E-state index contributed by atoms with van der Waals surface area (Å²) in [5, 5.41) is 2.99. The van der Waals surface area contributed by atoms with Crippen LogP contribution >= 0.6 is 11.3 Å². The summed E-state index contributed by atoms with van der Waals surface area (Å²) in [6, 6.07) is 0. The molecule has 1 aliphatic heterocycles. The van der Waals surface area contributed by atoms with Crippen LogP contribution in [0.1, 0.15) is 22.4 Å². The average molecular weight is 336 g/mol. The van der Waals surface area contributed by atoms with Gasteiger partial charge in [-0.05, 0) is 6.92 Å². The van der Waals surface area contributed by atoms with E-state index >= 15 is 0 Å². The Morgan fingerprint density at radius 2 is 2.17 bits per heavy atom. The van der Waals surface area contributed by atoms with Crippen LogP contribution in [0.2, 0.25) is 0 Å². The Morgan fingerprint density at radius 3 is 2.87 bits per heavy atom. The lowest BCUT2D eigenvalue weighted by Gasteiger charge is -2.31. The van der Waals surface area contributed by atoms with Gasteiger partial charge in [-0.15, -0.1) is 11.3 Å². The van der Waals surface area contributed by atoms with Crippen molar-refractivity contribution in [2.75, 3.05) is 19.7 Å². The summed E-state index contributed by atoms with van der Waals surface area (Å²) >= 11 is 1.60.